The van der Waals surface area contributed by atoms with Gasteiger partial charge in [-0.25, -0.2) is 4.39 Å². The molecule has 0 radical (unpaired) electrons. The van der Waals surface area contributed by atoms with Crippen LogP contribution in [0.3, 0.4) is 0 Å². The number of nitrogens with zero attached hydrogens (tertiary/aromatic N) is 1. The highest BCUT2D eigenvalue weighted by molar-refractivity contribution is 5.90. The van der Waals surface area contributed by atoms with E-state index in [2.05, 4.69) is 33.0 Å². The van der Waals surface area contributed by atoms with Crippen molar-refractivity contribution in [1.82, 2.24) is 15.5 Å². The van der Waals surface area contributed by atoms with E-state index in [4.69, 9.17) is 0 Å². The molecule has 1 aliphatic rings. The maximum atomic E-state index is 14.0. The molecule has 1 aromatic heterocycles. The molecule has 3 aromatic rings. The van der Waals surface area contributed by atoms with E-state index in [1.807, 2.05) is 19.1 Å². The van der Waals surface area contributed by atoms with Gasteiger partial charge in [0.25, 0.3) is 0 Å². The molecule has 27 heavy (non-hydrogen) atoms. The Kier molecular flexibility index (Phi) is 4.73. The third kappa shape index (κ3) is 3.90. The molecule has 0 unspecified atom stereocenters. The second-order valence-corrected chi connectivity index (χ2v) is 6.95. The number of aromatic nitrogens is 2. The van der Waals surface area contributed by atoms with Crippen molar-refractivity contribution < 1.29 is 9.18 Å². The third-order valence-corrected chi connectivity index (χ3v) is 4.86. The van der Waals surface area contributed by atoms with Crippen molar-refractivity contribution in [2.45, 2.75) is 32.4 Å². The Balaban J connectivity index is 1.39. The van der Waals surface area contributed by atoms with Crippen LogP contribution in [0.25, 0.3) is 11.3 Å². The molecule has 0 aliphatic carbocycles. The number of fused-ring (bicyclic) bond motifs is 1. The van der Waals surface area contributed by atoms with Gasteiger partial charge in [0, 0.05) is 30.6 Å². The predicted octanol–water partition coefficient (Wildman–Crippen LogP) is 3.57. The van der Waals surface area contributed by atoms with Crippen molar-refractivity contribution in [2.75, 3.05) is 5.32 Å². The van der Waals surface area contributed by atoms with Gasteiger partial charge in [-0.2, -0.15) is 5.10 Å². The lowest BCUT2D eigenvalue weighted by atomic mass is 9.94. The standard InChI is InChI=1S/C21H21FN4O/c1-13-6-7-18(22)17(8-13)19-11-20(26-25-19)24-21(27)10-16-9-14-4-2-3-5-15(14)12-23-16/h2-8,11,16,23H,9-10,12H2,1H3,(H2,24,25,26,27)/t16-/m0/s1. The first kappa shape index (κ1) is 17.4. The molecule has 0 fully saturated rings. The average molecular weight is 364 g/mol. The lowest BCUT2D eigenvalue weighted by Gasteiger charge is -2.25. The number of carbonyl (C=O) groups is 1. The van der Waals surface area contributed by atoms with Crippen LogP contribution in [-0.4, -0.2) is 22.1 Å². The average Bonchev–Trinajstić information content (AvgIpc) is 3.11. The monoisotopic (exact) mass is 364 g/mol. The van der Waals surface area contributed by atoms with Gasteiger partial charge >= 0.3 is 0 Å². The summed E-state index contributed by atoms with van der Waals surface area (Å²) in [5.74, 6) is -0.0473. The summed E-state index contributed by atoms with van der Waals surface area (Å²) in [6, 6.07) is 14.9. The predicted molar refractivity (Wildman–Crippen MR) is 103 cm³/mol. The van der Waals surface area contributed by atoms with Gasteiger partial charge in [-0.1, -0.05) is 35.9 Å². The van der Waals surface area contributed by atoms with Crippen LogP contribution in [-0.2, 0) is 17.8 Å². The molecule has 1 atom stereocenters. The van der Waals surface area contributed by atoms with E-state index in [1.54, 1.807) is 18.2 Å². The number of rotatable bonds is 4. The van der Waals surface area contributed by atoms with Gasteiger partial charge in [-0.05, 0) is 36.6 Å². The van der Waals surface area contributed by atoms with Crippen LogP contribution in [0, 0.1) is 12.7 Å². The molecule has 1 amide bonds. The number of nitrogens with one attached hydrogen (secondary N) is 3. The molecule has 2 heterocycles. The normalized spacial score (nSPS) is 16.0. The van der Waals surface area contributed by atoms with Crippen molar-refractivity contribution in [3.63, 3.8) is 0 Å². The van der Waals surface area contributed by atoms with Gasteiger partial charge in [0.15, 0.2) is 5.82 Å². The fourth-order valence-corrected chi connectivity index (χ4v) is 3.45. The third-order valence-electron chi connectivity index (χ3n) is 4.86. The number of H-pyrrole nitrogens is 1. The summed E-state index contributed by atoms with van der Waals surface area (Å²) in [5, 5.41) is 13.1. The van der Waals surface area contributed by atoms with Crippen LogP contribution < -0.4 is 10.6 Å². The molecule has 0 saturated heterocycles. The first-order valence-electron chi connectivity index (χ1n) is 9.00. The molecule has 0 spiro atoms. The first-order valence-corrected chi connectivity index (χ1v) is 9.00. The Hall–Kier alpha value is -2.99. The lowest BCUT2D eigenvalue weighted by molar-refractivity contribution is -0.116. The van der Waals surface area contributed by atoms with Crippen LogP contribution in [0.15, 0.2) is 48.5 Å². The van der Waals surface area contributed by atoms with E-state index in [0.29, 0.717) is 23.5 Å². The minimum absolute atomic E-state index is 0.0903. The zero-order valence-corrected chi connectivity index (χ0v) is 15.1. The summed E-state index contributed by atoms with van der Waals surface area (Å²) in [4.78, 5) is 12.4. The van der Waals surface area contributed by atoms with Crippen LogP contribution in [0.4, 0.5) is 10.2 Å². The number of aryl methyl sites for hydroxylation is 1. The summed E-state index contributed by atoms with van der Waals surface area (Å²) in [7, 11) is 0. The van der Waals surface area contributed by atoms with E-state index in [1.165, 1.54) is 17.2 Å². The highest BCUT2D eigenvalue weighted by atomic mass is 19.1. The largest absolute Gasteiger partial charge is 0.309 e. The van der Waals surface area contributed by atoms with Crippen LogP contribution in [0.5, 0.6) is 0 Å². The van der Waals surface area contributed by atoms with E-state index >= 15 is 0 Å². The second-order valence-electron chi connectivity index (χ2n) is 6.95. The van der Waals surface area contributed by atoms with Crippen LogP contribution in [0.2, 0.25) is 0 Å². The maximum absolute atomic E-state index is 14.0. The topological polar surface area (TPSA) is 69.8 Å². The summed E-state index contributed by atoms with van der Waals surface area (Å²) in [6.07, 6.45) is 1.18. The molecule has 3 N–H and O–H groups in total. The number of aromatic amines is 1. The molecule has 4 rings (SSSR count). The molecule has 5 nitrogen and oxygen atoms in total. The van der Waals surface area contributed by atoms with Gasteiger partial charge < -0.3 is 10.6 Å². The zero-order valence-electron chi connectivity index (χ0n) is 15.1. The summed E-state index contributed by atoms with van der Waals surface area (Å²) >= 11 is 0. The molecule has 0 bridgehead atoms. The number of carbonyl (C=O) groups excluding carboxylic acids is 1. The summed E-state index contributed by atoms with van der Waals surface area (Å²) < 4.78 is 14.0. The van der Waals surface area contributed by atoms with Crippen molar-refractivity contribution >= 4 is 11.7 Å². The molecule has 1 aliphatic heterocycles. The highest BCUT2D eigenvalue weighted by Crippen LogP contribution is 2.24. The number of benzene rings is 2. The Bertz CT molecular complexity index is 982. The number of halogens is 1. The lowest BCUT2D eigenvalue weighted by Crippen LogP contribution is -2.38. The molecule has 0 saturated carbocycles. The first-order chi connectivity index (χ1) is 13.1. The fraction of sp³-hybridized carbons (Fsp3) is 0.238. The fourth-order valence-electron chi connectivity index (χ4n) is 3.45. The van der Waals surface area contributed by atoms with Crippen molar-refractivity contribution in [2.24, 2.45) is 0 Å². The van der Waals surface area contributed by atoms with Gasteiger partial charge in [-0.3, -0.25) is 9.89 Å². The Labute approximate surface area is 157 Å². The SMILES string of the molecule is Cc1ccc(F)c(-c2cc(NC(=O)C[C@@H]3Cc4ccccc4CN3)n[nH]2)c1. The van der Waals surface area contributed by atoms with Crippen LogP contribution >= 0.6 is 0 Å². The summed E-state index contributed by atoms with van der Waals surface area (Å²) in [6.45, 7) is 2.67. The van der Waals surface area contributed by atoms with E-state index in [9.17, 15) is 9.18 Å². The van der Waals surface area contributed by atoms with Crippen LogP contribution in [0.1, 0.15) is 23.1 Å². The van der Waals surface area contributed by atoms with Crippen molar-refractivity contribution in [3.8, 4) is 11.3 Å². The van der Waals surface area contributed by atoms with E-state index < -0.39 is 0 Å². The highest BCUT2D eigenvalue weighted by Gasteiger charge is 2.20. The minimum atomic E-state index is -0.327. The number of amides is 1. The van der Waals surface area contributed by atoms with Crippen molar-refractivity contribution in [1.29, 1.82) is 0 Å². The molecular weight excluding hydrogens is 343 g/mol. The minimum Gasteiger partial charge on any atom is -0.309 e. The second kappa shape index (κ2) is 7.32. The van der Waals surface area contributed by atoms with Gasteiger partial charge in [-0.15, -0.1) is 0 Å². The van der Waals surface area contributed by atoms with Crippen molar-refractivity contribution in [3.05, 3.63) is 71.0 Å². The number of anilines is 1. The Morgan fingerprint density at radius 1 is 1.22 bits per heavy atom. The number of hydrogen-bond acceptors (Lipinski definition) is 3. The van der Waals surface area contributed by atoms with E-state index in [0.717, 1.165) is 18.5 Å². The molecule has 6 heteroatoms. The molecular formula is C21H21FN4O. The Morgan fingerprint density at radius 3 is 2.89 bits per heavy atom. The zero-order chi connectivity index (χ0) is 18.8. The Morgan fingerprint density at radius 2 is 2.04 bits per heavy atom. The smallest absolute Gasteiger partial charge is 0.227 e. The molecule has 2 aromatic carbocycles. The van der Waals surface area contributed by atoms with Gasteiger partial charge in [0.2, 0.25) is 5.91 Å². The summed E-state index contributed by atoms with van der Waals surface area (Å²) in [5.41, 5.74) is 4.50. The maximum Gasteiger partial charge on any atom is 0.227 e. The van der Waals surface area contributed by atoms with Gasteiger partial charge in [0.05, 0.1) is 5.69 Å². The number of hydrogen-bond donors (Lipinski definition) is 3. The quantitative estimate of drug-likeness (QED) is 0.663. The van der Waals surface area contributed by atoms with E-state index in [-0.39, 0.29) is 17.8 Å². The van der Waals surface area contributed by atoms with Gasteiger partial charge in [0.1, 0.15) is 5.82 Å². The molecule has 138 valence electrons.